The first-order valence-corrected chi connectivity index (χ1v) is 9.58. The number of amides is 3. The highest BCUT2D eigenvalue weighted by atomic mass is 35.5. The number of carbonyl (C=O) groups excluding carboxylic acids is 3. The van der Waals surface area contributed by atoms with Crippen LogP contribution < -0.4 is 10.2 Å². The molecular weight excluding hydrogens is 400 g/mol. The Hall–Kier alpha value is -3.10. The Morgan fingerprint density at radius 2 is 1.68 bits per heavy atom. The molecule has 1 saturated heterocycles. The first-order chi connectivity index (χ1) is 13.5. The van der Waals surface area contributed by atoms with Crippen LogP contribution in [0, 0.1) is 0 Å². The third-order valence-corrected chi connectivity index (χ3v) is 5.39. The number of anilines is 2. The van der Waals surface area contributed by atoms with E-state index in [1.54, 1.807) is 30.3 Å². The molecule has 3 aromatic rings. The molecule has 1 aliphatic rings. The van der Waals surface area contributed by atoms with E-state index in [2.05, 4.69) is 15.5 Å². The lowest BCUT2D eigenvalue weighted by Gasteiger charge is -2.13. The van der Waals surface area contributed by atoms with Crippen molar-refractivity contribution in [3.8, 4) is 10.6 Å². The Kier molecular flexibility index (Phi) is 4.89. The third-order valence-electron chi connectivity index (χ3n) is 4.19. The Bertz CT molecular complexity index is 1060. The lowest BCUT2D eigenvalue weighted by atomic mass is 10.2. The number of aromatic nitrogens is 2. The van der Waals surface area contributed by atoms with E-state index in [0.717, 1.165) is 10.5 Å². The Balaban J connectivity index is 1.48. The van der Waals surface area contributed by atoms with E-state index >= 15 is 0 Å². The van der Waals surface area contributed by atoms with Gasteiger partial charge >= 0.3 is 0 Å². The minimum atomic E-state index is -0.368. The van der Waals surface area contributed by atoms with Crippen LogP contribution >= 0.6 is 22.9 Å². The molecular formula is C19H13ClN4O3S. The summed E-state index contributed by atoms with van der Waals surface area (Å²) in [6, 6.07) is 13.5. The van der Waals surface area contributed by atoms with Gasteiger partial charge < -0.3 is 0 Å². The molecule has 0 bridgehead atoms. The quantitative estimate of drug-likeness (QED) is 0.658. The number of hydrogen-bond donors (Lipinski definition) is 1. The van der Waals surface area contributed by atoms with Gasteiger partial charge in [0.25, 0.3) is 5.91 Å². The number of halogens is 1. The van der Waals surface area contributed by atoms with Crippen LogP contribution in [0.4, 0.5) is 10.8 Å². The second kappa shape index (κ2) is 7.49. The van der Waals surface area contributed by atoms with E-state index in [4.69, 9.17) is 11.6 Å². The zero-order valence-electron chi connectivity index (χ0n) is 14.4. The van der Waals surface area contributed by atoms with Gasteiger partial charge in [-0.2, -0.15) is 0 Å². The van der Waals surface area contributed by atoms with Crippen LogP contribution in [0.3, 0.4) is 0 Å². The number of nitrogens with one attached hydrogen (secondary N) is 1. The predicted octanol–water partition coefficient (Wildman–Crippen LogP) is 3.76. The zero-order valence-corrected chi connectivity index (χ0v) is 16.0. The number of carbonyl (C=O) groups is 3. The topological polar surface area (TPSA) is 92.3 Å². The molecule has 1 aliphatic heterocycles. The van der Waals surface area contributed by atoms with Crippen LogP contribution in [-0.2, 0) is 9.59 Å². The Labute approximate surface area is 169 Å². The Morgan fingerprint density at radius 1 is 1.00 bits per heavy atom. The van der Waals surface area contributed by atoms with Crippen molar-refractivity contribution in [2.45, 2.75) is 12.8 Å². The lowest BCUT2D eigenvalue weighted by Crippen LogP contribution is -2.28. The van der Waals surface area contributed by atoms with Crippen molar-refractivity contribution in [3.05, 3.63) is 59.1 Å². The first-order valence-electron chi connectivity index (χ1n) is 8.38. The van der Waals surface area contributed by atoms with Crippen molar-refractivity contribution in [1.82, 2.24) is 10.2 Å². The van der Waals surface area contributed by atoms with Gasteiger partial charge in [-0.3, -0.25) is 24.6 Å². The second-order valence-electron chi connectivity index (χ2n) is 6.02. The van der Waals surface area contributed by atoms with Gasteiger partial charge in [0.2, 0.25) is 16.9 Å². The minimum absolute atomic E-state index is 0.214. The number of rotatable bonds is 4. The van der Waals surface area contributed by atoms with Gasteiger partial charge in [-0.15, -0.1) is 10.2 Å². The maximum Gasteiger partial charge on any atom is 0.257 e. The molecule has 1 aromatic heterocycles. The molecule has 0 atom stereocenters. The number of imide groups is 1. The van der Waals surface area contributed by atoms with E-state index in [1.165, 1.54) is 11.3 Å². The molecule has 3 amide bonds. The molecule has 140 valence electrons. The summed E-state index contributed by atoms with van der Waals surface area (Å²) in [5.74, 6) is -0.834. The summed E-state index contributed by atoms with van der Waals surface area (Å²) in [5.41, 5.74) is 1.57. The number of nitrogens with zero attached hydrogens (tertiary/aromatic N) is 3. The fourth-order valence-corrected chi connectivity index (χ4v) is 3.87. The minimum Gasteiger partial charge on any atom is -0.296 e. The van der Waals surface area contributed by atoms with Gasteiger partial charge in [0.05, 0.1) is 10.7 Å². The predicted molar refractivity (Wildman–Crippen MR) is 106 cm³/mol. The number of hydrogen-bond acceptors (Lipinski definition) is 6. The fourth-order valence-electron chi connectivity index (χ4n) is 2.81. The van der Waals surface area contributed by atoms with Gasteiger partial charge in [0.1, 0.15) is 0 Å². The van der Waals surface area contributed by atoms with Crippen LogP contribution in [0.15, 0.2) is 48.5 Å². The average Bonchev–Trinajstić information content (AvgIpc) is 3.28. The summed E-state index contributed by atoms with van der Waals surface area (Å²) in [5, 5.41) is 12.2. The van der Waals surface area contributed by atoms with Crippen molar-refractivity contribution < 1.29 is 14.4 Å². The smallest absolute Gasteiger partial charge is 0.257 e. The van der Waals surface area contributed by atoms with Crippen molar-refractivity contribution in [2.75, 3.05) is 10.2 Å². The SMILES string of the molecule is O=C(Nc1nnc(-c2ccccc2Cl)s1)c1ccc(N2C(=O)CCC2=O)cc1. The highest BCUT2D eigenvalue weighted by molar-refractivity contribution is 7.18. The van der Waals surface area contributed by atoms with Gasteiger partial charge in [-0.05, 0) is 30.3 Å². The second-order valence-corrected chi connectivity index (χ2v) is 7.40. The summed E-state index contributed by atoms with van der Waals surface area (Å²) >= 11 is 7.37. The molecule has 4 rings (SSSR count). The molecule has 0 saturated carbocycles. The largest absolute Gasteiger partial charge is 0.296 e. The van der Waals surface area contributed by atoms with Gasteiger partial charge in [-0.1, -0.05) is 41.1 Å². The molecule has 2 heterocycles. The van der Waals surface area contributed by atoms with Crippen molar-refractivity contribution in [2.24, 2.45) is 0 Å². The van der Waals surface area contributed by atoms with Crippen molar-refractivity contribution in [3.63, 3.8) is 0 Å². The average molecular weight is 413 g/mol. The molecule has 1 N–H and O–H groups in total. The monoisotopic (exact) mass is 412 g/mol. The summed E-state index contributed by atoms with van der Waals surface area (Å²) in [7, 11) is 0. The number of benzene rings is 2. The fraction of sp³-hybridized carbons (Fsp3) is 0.105. The van der Waals surface area contributed by atoms with E-state index in [1.807, 2.05) is 18.2 Å². The first kappa shape index (κ1) is 18.3. The summed E-state index contributed by atoms with van der Waals surface area (Å²) in [6.45, 7) is 0. The molecule has 0 unspecified atom stereocenters. The molecule has 0 radical (unpaired) electrons. The Morgan fingerprint density at radius 3 is 2.36 bits per heavy atom. The molecule has 9 heteroatoms. The van der Waals surface area contributed by atoms with Crippen LogP contribution in [0.5, 0.6) is 0 Å². The summed E-state index contributed by atoms with van der Waals surface area (Å²) in [6.07, 6.45) is 0.428. The molecule has 0 aliphatic carbocycles. The maximum absolute atomic E-state index is 12.4. The van der Waals surface area contributed by atoms with Crippen LogP contribution in [0.1, 0.15) is 23.2 Å². The van der Waals surface area contributed by atoms with E-state index in [-0.39, 0.29) is 30.6 Å². The highest BCUT2D eigenvalue weighted by Gasteiger charge is 2.30. The molecule has 7 nitrogen and oxygen atoms in total. The normalized spacial score (nSPS) is 13.8. The molecule has 1 fully saturated rings. The molecule has 2 aromatic carbocycles. The van der Waals surface area contributed by atoms with Gasteiger partial charge in [0, 0.05) is 24.0 Å². The standard InChI is InChI=1S/C19H13ClN4O3S/c20-14-4-2-1-3-13(14)18-22-23-19(28-18)21-17(27)11-5-7-12(8-6-11)24-15(25)9-10-16(24)26/h1-8H,9-10H2,(H,21,23,27). The summed E-state index contributed by atoms with van der Waals surface area (Å²) < 4.78 is 0. The third kappa shape index (κ3) is 3.51. The van der Waals surface area contributed by atoms with Gasteiger partial charge in [-0.25, -0.2) is 0 Å². The van der Waals surface area contributed by atoms with Crippen LogP contribution in [-0.4, -0.2) is 27.9 Å². The zero-order chi connectivity index (χ0) is 19.7. The van der Waals surface area contributed by atoms with Crippen molar-refractivity contribution in [1.29, 1.82) is 0 Å². The van der Waals surface area contributed by atoms with Crippen LogP contribution in [0.2, 0.25) is 5.02 Å². The van der Waals surface area contributed by atoms with E-state index in [0.29, 0.717) is 26.4 Å². The van der Waals surface area contributed by atoms with Crippen LogP contribution in [0.25, 0.3) is 10.6 Å². The summed E-state index contributed by atoms with van der Waals surface area (Å²) in [4.78, 5) is 37.2. The van der Waals surface area contributed by atoms with E-state index in [9.17, 15) is 14.4 Å². The maximum atomic E-state index is 12.4. The molecule has 28 heavy (non-hydrogen) atoms. The van der Waals surface area contributed by atoms with Gasteiger partial charge in [0.15, 0.2) is 5.01 Å². The highest BCUT2D eigenvalue weighted by Crippen LogP contribution is 2.31. The molecule has 0 spiro atoms. The van der Waals surface area contributed by atoms with E-state index < -0.39 is 0 Å². The lowest BCUT2D eigenvalue weighted by molar-refractivity contribution is -0.121. The van der Waals surface area contributed by atoms with Crippen molar-refractivity contribution >= 4 is 51.5 Å².